The number of carboxylic acid groups (broad SMARTS) is 1. The highest BCUT2D eigenvalue weighted by Crippen LogP contribution is 2.20. The largest absolute Gasteiger partial charge is 0.477 e. The molecule has 0 saturated carbocycles. The summed E-state index contributed by atoms with van der Waals surface area (Å²) in [5, 5.41) is 14.3. The van der Waals surface area contributed by atoms with Crippen molar-refractivity contribution in [3.05, 3.63) is 57.3 Å². The zero-order chi connectivity index (χ0) is 13.8. The van der Waals surface area contributed by atoms with Crippen LogP contribution in [0.25, 0.3) is 0 Å². The third-order valence-electron chi connectivity index (χ3n) is 3.19. The smallest absolute Gasteiger partial charge is 0.346 e. The first-order valence-electron chi connectivity index (χ1n) is 6.18. The van der Waals surface area contributed by atoms with Gasteiger partial charge in [0.2, 0.25) is 0 Å². The molecule has 19 heavy (non-hydrogen) atoms. The van der Waals surface area contributed by atoms with Crippen molar-refractivity contribution in [3.63, 3.8) is 0 Å². The molecule has 1 heterocycles. The normalized spacial score (nSPS) is 12.3. The van der Waals surface area contributed by atoms with Crippen molar-refractivity contribution in [2.45, 2.75) is 26.4 Å². The Bertz CT molecular complexity index is 577. The SMILES string of the molecule is Cc1ccccc1[C@@H](C)NCc1ccsc1C(=O)O. The Balaban J connectivity index is 2.05. The van der Waals surface area contributed by atoms with Crippen LogP contribution in [0.1, 0.15) is 39.3 Å². The second kappa shape index (κ2) is 5.99. The lowest BCUT2D eigenvalue weighted by Gasteiger charge is -2.16. The van der Waals surface area contributed by atoms with Crippen LogP contribution < -0.4 is 5.32 Å². The van der Waals surface area contributed by atoms with Gasteiger partial charge in [-0.25, -0.2) is 4.79 Å². The number of carboxylic acids is 1. The van der Waals surface area contributed by atoms with E-state index in [-0.39, 0.29) is 6.04 Å². The molecule has 1 aromatic heterocycles. The molecule has 1 atom stereocenters. The zero-order valence-corrected chi connectivity index (χ0v) is 11.8. The summed E-state index contributed by atoms with van der Waals surface area (Å²) in [5.74, 6) is -0.852. The number of aryl methyl sites for hydroxylation is 1. The molecule has 2 aromatic rings. The molecule has 2 rings (SSSR count). The van der Waals surface area contributed by atoms with Gasteiger partial charge in [0.1, 0.15) is 4.88 Å². The maximum absolute atomic E-state index is 11.0. The fourth-order valence-corrected chi connectivity index (χ4v) is 2.87. The molecule has 0 spiro atoms. The van der Waals surface area contributed by atoms with Gasteiger partial charge >= 0.3 is 5.97 Å². The lowest BCUT2D eigenvalue weighted by atomic mass is 10.0. The molecule has 0 amide bonds. The number of rotatable bonds is 5. The number of nitrogens with one attached hydrogen (secondary N) is 1. The van der Waals surface area contributed by atoms with Crippen LogP contribution in [0, 0.1) is 6.92 Å². The standard InChI is InChI=1S/C15H17NO2S/c1-10-5-3-4-6-13(10)11(2)16-9-12-7-8-19-14(12)15(17)18/h3-8,11,16H,9H2,1-2H3,(H,17,18)/t11-/m1/s1. The van der Waals surface area contributed by atoms with Crippen LogP contribution in [-0.2, 0) is 6.54 Å². The van der Waals surface area contributed by atoms with E-state index in [0.29, 0.717) is 11.4 Å². The molecule has 1 aromatic carbocycles. The van der Waals surface area contributed by atoms with Crippen molar-refractivity contribution < 1.29 is 9.90 Å². The van der Waals surface area contributed by atoms with Crippen molar-refractivity contribution in [3.8, 4) is 0 Å². The molecule has 0 bridgehead atoms. The number of thiophene rings is 1. The average molecular weight is 275 g/mol. The molecule has 2 N–H and O–H groups in total. The van der Waals surface area contributed by atoms with Crippen LogP contribution in [0.3, 0.4) is 0 Å². The molecule has 0 aliphatic heterocycles. The number of carbonyl (C=O) groups is 1. The first kappa shape index (κ1) is 13.8. The van der Waals surface area contributed by atoms with Gasteiger partial charge < -0.3 is 10.4 Å². The van der Waals surface area contributed by atoms with Crippen LogP contribution >= 0.6 is 11.3 Å². The quantitative estimate of drug-likeness (QED) is 0.876. The molecule has 4 heteroatoms. The van der Waals surface area contributed by atoms with Crippen LogP contribution in [0.15, 0.2) is 35.7 Å². The Morgan fingerprint density at radius 1 is 1.37 bits per heavy atom. The molecule has 0 radical (unpaired) electrons. The number of hydrogen-bond donors (Lipinski definition) is 2. The summed E-state index contributed by atoms with van der Waals surface area (Å²) in [7, 11) is 0. The fourth-order valence-electron chi connectivity index (χ4n) is 2.11. The van der Waals surface area contributed by atoms with Gasteiger partial charge in [0.05, 0.1) is 0 Å². The van der Waals surface area contributed by atoms with Crippen molar-refractivity contribution in [2.24, 2.45) is 0 Å². The number of hydrogen-bond acceptors (Lipinski definition) is 3. The lowest BCUT2D eigenvalue weighted by Crippen LogP contribution is -2.19. The molecule has 0 aliphatic rings. The molecule has 0 saturated heterocycles. The van der Waals surface area contributed by atoms with Crippen molar-refractivity contribution in [1.82, 2.24) is 5.32 Å². The van der Waals surface area contributed by atoms with E-state index < -0.39 is 5.97 Å². The summed E-state index contributed by atoms with van der Waals surface area (Å²) < 4.78 is 0. The molecule has 3 nitrogen and oxygen atoms in total. The molecule has 0 fully saturated rings. The summed E-state index contributed by atoms with van der Waals surface area (Å²) in [6.45, 7) is 4.75. The van der Waals surface area contributed by atoms with Crippen LogP contribution in [-0.4, -0.2) is 11.1 Å². The second-order valence-electron chi connectivity index (χ2n) is 4.54. The van der Waals surface area contributed by atoms with Gasteiger partial charge in [-0.15, -0.1) is 11.3 Å². The number of aromatic carboxylic acids is 1. The van der Waals surface area contributed by atoms with Crippen molar-refractivity contribution >= 4 is 17.3 Å². The van der Waals surface area contributed by atoms with Gasteiger partial charge in [-0.05, 0) is 42.0 Å². The van der Waals surface area contributed by atoms with E-state index in [2.05, 4.69) is 31.3 Å². The highest BCUT2D eigenvalue weighted by molar-refractivity contribution is 7.12. The maximum Gasteiger partial charge on any atom is 0.346 e. The van der Waals surface area contributed by atoms with E-state index in [1.165, 1.54) is 22.5 Å². The Hall–Kier alpha value is -1.65. The maximum atomic E-state index is 11.0. The minimum atomic E-state index is -0.852. The Morgan fingerprint density at radius 2 is 2.11 bits per heavy atom. The highest BCUT2D eigenvalue weighted by atomic mass is 32.1. The summed E-state index contributed by atoms with van der Waals surface area (Å²) in [4.78, 5) is 11.5. The summed E-state index contributed by atoms with van der Waals surface area (Å²) in [6.07, 6.45) is 0. The Morgan fingerprint density at radius 3 is 2.79 bits per heavy atom. The van der Waals surface area contributed by atoms with Crippen molar-refractivity contribution in [2.75, 3.05) is 0 Å². The summed E-state index contributed by atoms with van der Waals surface area (Å²) in [6, 6.07) is 10.3. The first-order valence-corrected chi connectivity index (χ1v) is 7.06. The van der Waals surface area contributed by atoms with Gasteiger partial charge in [0.15, 0.2) is 0 Å². The monoisotopic (exact) mass is 275 g/mol. The van der Waals surface area contributed by atoms with Gasteiger partial charge in [-0.1, -0.05) is 24.3 Å². The fraction of sp³-hybridized carbons (Fsp3) is 0.267. The predicted molar refractivity (Wildman–Crippen MR) is 77.7 cm³/mol. The molecule has 0 unspecified atom stereocenters. The van der Waals surface area contributed by atoms with Gasteiger partial charge in [0, 0.05) is 12.6 Å². The van der Waals surface area contributed by atoms with Crippen LogP contribution in [0.5, 0.6) is 0 Å². The summed E-state index contributed by atoms with van der Waals surface area (Å²) in [5.41, 5.74) is 3.33. The van der Waals surface area contributed by atoms with Crippen LogP contribution in [0.2, 0.25) is 0 Å². The average Bonchev–Trinajstić information content (AvgIpc) is 2.85. The lowest BCUT2D eigenvalue weighted by molar-refractivity contribution is 0.0701. The van der Waals surface area contributed by atoms with Gasteiger partial charge in [-0.2, -0.15) is 0 Å². The predicted octanol–water partition coefficient (Wildman–Crippen LogP) is 3.61. The molecule has 100 valence electrons. The van der Waals surface area contributed by atoms with Crippen LogP contribution in [0.4, 0.5) is 0 Å². The second-order valence-corrected chi connectivity index (χ2v) is 5.46. The topological polar surface area (TPSA) is 49.3 Å². The van der Waals surface area contributed by atoms with E-state index in [1.54, 1.807) is 0 Å². The Labute approximate surface area is 116 Å². The van der Waals surface area contributed by atoms with E-state index in [9.17, 15) is 4.79 Å². The van der Waals surface area contributed by atoms with E-state index >= 15 is 0 Å². The van der Waals surface area contributed by atoms with E-state index in [4.69, 9.17) is 5.11 Å². The zero-order valence-electron chi connectivity index (χ0n) is 11.0. The summed E-state index contributed by atoms with van der Waals surface area (Å²) >= 11 is 1.27. The van der Waals surface area contributed by atoms with E-state index in [0.717, 1.165) is 5.56 Å². The third-order valence-corrected chi connectivity index (χ3v) is 4.14. The highest BCUT2D eigenvalue weighted by Gasteiger charge is 2.13. The molecule has 0 aliphatic carbocycles. The Kier molecular flexibility index (Phi) is 4.35. The van der Waals surface area contributed by atoms with Crippen molar-refractivity contribution in [1.29, 1.82) is 0 Å². The van der Waals surface area contributed by atoms with Gasteiger partial charge in [-0.3, -0.25) is 0 Å². The van der Waals surface area contributed by atoms with Gasteiger partial charge in [0.25, 0.3) is 0 Å². The number of benzene rings is 1. The molecular weight excluding hydrogens is 258 g/mol. The minimum Gasteiger partial charge on any atom is -0.477 e. The third kappa shape index (κ3) is 3.22. The molecular formula is C15H17NO2S. The first-order chi connectivity index (χ1) is 9.09. The minimum absolute atomic E-state index is 0.197. The van der Waals surface area contributed by atoms with E-state index in [1.807, 2.05) is 23.6 Å².